The molecule has 5 heteroatoms. The van der Waals surface area contributed by atoms with Crippen LogP contribution < -0.4 is 0 Å². The molecule has 2 atom stereocenters. The molecule has 0 spiro atoms. The number of benzene rings is 1. The molecule has 2 unspecified atom stereocenters. The van der Waals surface area contributed by atoms with Gasteiger partial charge in [-0.3, -0.25) is 9.59 Å². The Kier molecular flexibility index (Phi) is 3.67. The lowest BCUT2D eigenvalue weighted by Gasteiger charge is -2.37. The molecule has 1 aliphatic carbocycles. The van der Waals surface area contributed by atoms with Gasteiger partial charge in [-0.15, -0.1) is 0 Å². The van der Waals surface area contributed by atoms with Crippen LogP contribution in [-0.4, -0.2) is 35.0 Å². The number of piperidine rings is 1. The summed E-state index contributed by atoms with van der Waals surface area (Å²) in [5.74, 6) is -1.43. The molecule has 22 heavy (non-hydrogen) atoms. The Morgan fingerprint density at radius 1 is 1.27 bits per heavy atom. The number of carboxylic acids is 1. The van der Waals surface area contributed by atoms with Gasteiger partial charge in [0.15, 0.2) is 0 Å². The van der Waals surface area contributed by atoms with Crippen molar-refractivity contribution in [3.05, 3.63) is 35.6 Å². The molecule has 1 aromatic rings. The van der Waals surface area contributed by atoms with Gasteiger partial charge in [0.05, 0.1) is 11.3 Å². The Hall–Kier alpha value is -1.91. The van der Waals surface area contributed by atoms with Crippen LogP contribution in [0, 0.1) is 17.7 Å². The van der Waals surface area contributed by atoms with Gasteiger partial charge in [0.2, 0.25) is 5.91 Å². The molecule has 0 bridgehead atoms. The van der Waals surface area contributed by atoms with Gasteiger partial charge < -0.3 is 10.0 Å². The Labute approximate surface area is 128 Å². The first-order chi connectivity index (χ1) is 10.4. The van der Waals surface area contributed by atoms with Crippen LogP contribution in [-0.2, 0) is 15.0 Å². The summed E-state index contributed by atoms with van der Waals surface area (Å²) in [6, 6.07) is 6.16. The van der Waals surface area contributed by atoms with E-state index in [1.165, 1.54) is 12.1 Å². The first kappa shape index (κ1) is 15.0. The van der Waals surface area contributed by atoms with E-state index in [0.29, 0.717) is 19.5 Å². The van der Waals surface area contributed by atoms with Crippen molar-refractivity contribution in [2.24, 2.45) is 11.8 Å². The molecule has 1 N–H and O–H groups in total. The summed E-state index contributed by atoms with van der Waals surface area (Å²) in [6.07, 6.45) is 2.07. The molecule has 2 aliphatic rings. The highest BCUT2D eigenvalue weighted by atomic mass is 19.1. The predicted molar refractivity (Wildman–Crippen MR) is 78.8 cm³/mol. The van der Waals surface area contributed by atoms with Gasteiger partial charge in [-0.05, 0) is 42.9 Å². The summed E-state index contributed by atoms with van der Waals surface area (Å²) in [6.45, 7) is 2.86. The first-order valence-electron chi connectivity index (χ1n) is 7.72. The second kappa shape index (κ2) is 5.38. The summed E-state index contributed by atoms with van der Waals surface area (Å²) in [4.78, 5) is 25.8. The van der Waals surface area contributed by atoms with Crippen molar-refractivity contribution in [1.82, 2.24) is 4.90 Å². The van der Waals surface area contributed by atoms with Crippen molar-refractivity contribution < 1.29 is 19.1 Å². The zero-order valence-corrected chi connectivity index (χ0v) is 12.6. The van der Waals surface area contributed by atoms with Crippen LogP contribution in [0.25, 0.3) is 0 Å². The standard InChI is InChI=1S/C17H20FNO3/c1-11-10-19(9-6-14(11)15(20)21)16(22)17(7-8-17)12-2-4-13(18)5-3-12/h2-5,11,14H,6-10H2,1H3,(H,20,21). The van der Waals surface area contributed by atoms with Crippen LogP contribution >= 0.6 is 0 Å². The zero-order chi connectivity index (χ0) is 15.9. The normalized spacial score (nSPS) is 26.5. The zero-order valence-electron chi connectivity index (χ0n) is 12.6. The number of likely N-dealkylation sites (tertiary alicyclic amines) is 1. The largest absolute Gasteiger partial charge is 0.481 e. The van der Waals surface area contributed by atoms with Crippen LogP contribution in [0.5, 0.6) is 0 Å². The summed E-state index contributed by atoms with van der Waals surface area (Å²) >= 11 is 0. The lowest BCUT2D eigenvalue weighted by Crippen LogP contribution is -2.48. The van der Waals surface area contributed by atoms with E-state index in [1.807, 2.05) is 6.92 Å². The molecule has 1 aliphatic heterocycles. The maximum absolute atomic E-state index is 13.1. The summed E-state index contributed by atoms with van der Waals surface area (Å²) in [5.41, 5.74) is 0.357. The number of halogens is 1. The van der Waals surface area contributed by atoms with E-state index in [4.69, 9.17) is 0 Å². The minimum absolute atomic E-state index is 0.0424. The Morgan fingerprint density at radius 2 is 1.91 bits per heavy atom. The smallest absolute Gasteiger partial charge is 0.306 e. The molecule has 1 heterocycles. The Balaban J connectivity index is 1.75. The Morgan fingerprint density at radius 3 is 2.41 bits per heavy atom. The van der Waals surface area contributed by atoms with Gasteiger partial charge in [0.1, 0.15) is 5.82 Å². The average molecular weight is 305 g/mol. The summed E-state index contributed by atoms with van der Waals surface area (Å²) in [5, 5.41) is 9.17. The monoisotopic (exact) mass is 305 g/mol. The van der Waals surface area contributed by atoms with E-state index in [-0.39, 0.29) is 23.6 Å². The van der Waals surface area contributed by atoms with E-state index >= 15 is 0 Å². The number of rotatable bonds is 3. The molecule has 1 aromatic carbocycles. The molecule has 118 valence electrons. The fourth-order valence-electron chi connectivity index (χ4n) is 3.52. The van der Waals surface area contributed by atoms with E-state index in [2.05, 4.69) is 0 Å². The van der Waals surface area contributed by atoms with Crippen molar-refractivity contribution in [3.63, 3.8) is 0 Å². The van der Waals surface area contributed by atoms with Crippen LogP contribution in [0.3, 0.4) is 0 Å². The van der Waals surface area contributed by atoms with E-state index < -0.39 is 11.4 Å². The van der Waals surface area contributed by atoms with Gasteiger partial charge in [0.25, 0.3) is 0 Å². The molecule has 0 radical (unpaired) electrons. The van der Waals surface area contributed by atoms with E-state index in [9.17, 15) is 19.1 Å². The number of hydrogen-bond acceptors (Lipinski definition) is 2. The molecule has 1 amide bonds. The maximum Gasteiger partial charge on any atom is 0.306 e. The third-order valence-electron chi connectivity index (χ3n) is 5.07. The van der Waals surface area contributed by atoms with Gasteiger partial charge in [-0.1, -0.05) is 19.1 Å². The van der Waals surface area contributed by atoms with Crippen LogP contribution in [0.15, 0.2) is 24.3 Å². The van der Waals surface area contributed by atoms with Crippen LogP contribution in [0.2, 0.25) is 0 Å². The number of carboxylic acid groups (broad SMARTS) is 1. The minimum atomic E-state index is -0.778. The summed E-state index contributed by atoms with van der Waals surface area (Å²) < 4.78 is 13.1. The van der Waals surface area contributed by atoms with Gasteiger partial charge in [-0.25, -0.2) is 4.39 Å². The SMILES string of the molecule is CC1CN(C(=O)C2(c3ccc(F)cc3)CC2)CCC1C(=O)O. The van der Waals surface area contributed by atoms with Crippen molar-refractivity contribution in [3.8, 4) is 0 Å². The minimum Gasteiger partial charge on any atom is -0.481 e. The fraction of sp³-hybridized carbons (Fsp3) is 0.529. The van der Waals surface area contributed by atoms with Crippen molar-refractivity contribution in [2.75, 3.05) is 13.1 Å². The highest BCUT2D eigenvalue weighted by Gasteiger charge is 2.53. The quantitative estimate of drug-likeness (QED) is 0.933. The number of carbonyl (C=O) groups is 2. The first-order valence-corrected chi connectivity index (χ1v) is 7.72. The topological polar surface area (TPSA) is 57.6 Å². The van der Waals surface area contributed by atoms with Gasteiger partial charge in [0, 0.05) is 13.1 Å². The molecule has 4 nitrogen and oxygen atoms in total. The second-order valence-electron chi connectivity index (χ2n) is 6.55. The van der Waals surface area contributed by atoms with E-state index in [0.717, 1.165) is 18.4 Å². The van der Waals surface area contributed by atoms with Crippen LogP contribution in [0.4, 0.5) is 4.39 Å². The number of aliphatic carboxylic acids is 1. The molecular formula is C17H20FNO3. The molecule has 3 rings (SSSR count). The molecular weight excluding hydrogens is 285 g/mol. The predicted octanol–water partition coefficient (Wildman–Crippen LogP) is 2.43. The maximum atomic E-state index is 13.1. The third-order valence-corrected chi connectivity index (χ3v) is 5.07. The molecule has 0 aromatic heterocycles. The molecule has 2 fully saturated rings. The fourth-order valence-corrected chi connectivity index (χ4v) is 3.52. The third kappa shape index (κ3) is 2.49. The number of carbonyl (C=O) groups excluding carboxylic acids is 1. The molecule has 1 saturated heterocycles. The lowest BCUT2D eigenvalue weighted by atomic mass is 9.85. The molecule has 1 saturated carbocycles. The van der Waals surface area contributed by atoms with Crippen LogP contribution in [0.1, 0.15) is 31.7 Å². The van der Waals surface area contributed by atoms with Crippen molar-refractivity contribution in [1.29, 1.82) is 0 Å². The average Bonchev–Trinajstić information content (AvgIpc) is 3.28. The second-order valence-corrected chi connectivity index (χ2v) is 6.55. The van der Waals surface area contributed by atoms with Crippen molar-refractivity contribution in [2.45, 2.75) is 31.6 Å². The number of amides is 1. The van der Waals surface area contributed by atoms with Crippen molar-refractivity contribution >= 4 is 11.9 Å². The van der Waals surface area contributed by atoms with Gasteiger partial charge in [-0.2, -0.15) is 0 Å². The highest BCUT2D eigenvalue weighted by Crippen LogP contribution is 2.50. The Bertz CT molecular complexity index is 594. The lowest BCUT2D eigenvalue weighted by molar-refractivity contribution is -0.149. The van der Waals surface area contributed by atoms with Gasteiger partial charge >= 0.3 is 5.97 Å². The highest BCUT2D eigenvalue weighted by molar-refractivity contribution is 5.91. The number of nitrogens with zero attached hydrogens (tertiary/aromatic N) is 1. The van der Waals surface area contributed by atoms with E-state index in [1.54, 1.807) is 17.0 Å². The summed E-state index contributed by atoms with van der Waals surface area (Å²) in [7, 11) is 0. The number of hydrogen-bond donors (Lipinski definition) is 1.